The highest BCUT2D eigenvalue weighted by Gasteiger charge is 2.12. The Morgan fingerprint density at radius 1 is 1.50 bits per heavy atom. The summed E-state index contributed by atoms with van der Waals surface area (Å²) in [5.41, 5.74) is 6.99. The zero-order chi connectivity index (χ0) is 11.5. The lowest BCUT2D eigenvalue weighted by Gasteiger charge is -2.11. The molecule has 4 nitrogen and oxygen atoms in total. The van der Waals surface area contributed by atoms with Gasteiger partial charge in [-0.2, -0.15) is 5.10 Å². The predicted octanol–water partition coefficient (Wildman–Crippen LogP) is 1.30. The highest BCUT2D eigenvalue weighted by atomic mass is 19.1. The second kappa shape index (κ2) is 4.40. The van der Waals surface area contributed by atoms with E-state index in [0.717, 1.165) is 5.56 Å². The van der Waals surface area contributed by atoms with Crippen molar-refractivity contribution in [2.45, 2.75) is 19.4 Å². The van der Waals surface area contributed by atoms with Gasteiger partial charge in [-0.1, -0.05) is 12.1 Å². The van der Waals surface area contributed by atoms with E-state index >= 15 is 0 Å². The number of aromatic nitrogens is 3. The van der Waals surface area contributed by atoms with Crippen LogP contribution in [0.3, 0.4) is 0 Å². The van der Waals surface area contributed by atoms with Crippen LogP contribution in [0, 0.1) is 5.82 Å². The van der Waals surface area contributed by atoms with Gasteiger partial charge in [0.2, 0.25) is 0 Å². The third kappa shape index (κ3) is 2.09. The maximum Gasteiger partial charge on any atom is 0.149 e. The third-order valence-corrected chi connectivity index (χ3v) is 2.26. The van der Waals surface area contributed by atoms with Gasteiger partial charge in [0.05, 0.1) is 0 Å². The number of para-hydroxylation sites is 1. The van der Waals surface area contributed by atoms with Crippen molar-refractivity contribution >= 4 is 0 Å². The first kappa shape index (κ1) is 10.8. The molecule has 0 spiro atoms. The largest absolute Gasteiger partial charge is 0.328 e. The summed E-state index contributed by atoms with van der Waals surface area (Å²) in [7, 11) is 0. The Kier molecular flexibility index (Phi) is 2.96. The summed E-state index contributed by atoms with van der Waals surface area (Å²) < 4.78 is 15.2. The van der Waals surface area contributed by atoms with Gasteiger partial charge in [-0.25, -0.2) is 14.1 Å². The first-order valence-electron chi connectivity index (χ1n) is 5.06. The van der Waals surface area contributed by atoms with Crippen LogP contribution in [-0.4, -0.2) is 20.8 Å². The lowest BCUT2D eigenvalue weighted by Crippen LogP contribution is -2.19. The van der Waals surface area contributed by atoms with E-state index in [0.29, 0.717) is 12.1 Å². The fourth-order valence-corrected chi connectivity index (χ4v) is 1.65. The van der Waals surface area contributed by atoms with Gasteiger partial charge in [0.1, 0.15) is 24.2 Å². The summed E-state index contributed by atoms with van der Waals surface area (Å²) in [6.07, 6.45) is 3.46. The van der Waals surface area contributed by atoms with Crippen molar-refractivity contribution in [3.63, 3.8) is 0 Å². The Balaban J connectivity index is 2.49. The van der Waals surface area contributed by atoms with E-state index in [9.17, 15) is 4.39 Å². The highest BCUT2D eigenvalue weighted by molar-refractivity contribution is 5.41. The minimum Gasteiger partial charge on any atom is -0.328 e. The quantitative estimate of drug-likeness (QED) is 0.848. The average Bonchev–Trinajstić information content (AvgIpc) is 2.69. The maximum absolute atomic E-state index is 13.7. The van der Waals surface area contributed by atoms with Crippen LogP contribution in [0.4, 0.5) is 4.39 Å². The second-order valence-corrected chi connectivity index (χ2v) is 3.77. The summed E-state index contributed by atoms with van der Waals surface area (Å²) in [5, 5.41) is 3.94. The van der Waals surface area contributed by atoms with Crippen LogP contribution in [0.25, 0.3) is 5.69 Å². The number of nitrogens with zero attached hydrogens (tertiary/aromatic N) is 3. The molecule has 0 fully saturated rings. The Morgan fingerprint density at radius 2 is 2.31 bits per heavy atom. The average molecular weight is 220 g/mol. The topological polar surface area (TPSA) is 56.7 Å². The van der Waals surface area contributed by atoms with E-state index in [1.54, 1.807) is 6.07 Å². The van der Waals surface area contributed by atoms with Gasteiger partial charge in [-0.05, 0) is 25.0 Å². The molecule has 0 radical (unpaired) electrons. The molecule has 1 atom stereocenters. The van der Waals surface area contributed by atoms with E-state index in [1.165, 1.54) is 23.4 Å². The minimum absolute atomic E-state index is 0.0240. The molecule has 0 bridgehead atoms. The number of nitrogens with two attached hydrogens (primary N) is 1. The molecule has 84 valence electrons. The van der Waals surface area contributed by atoms with E-state index in [1.807, 2.05) is 13.0 Å². The molecule has 2 aromatic rings. The van der Waals surface area contributed by atoms with Crippen LogP contribution in [0.5, 0.6) is 0 Å². The van der Waals surface area contributed by atoms with Crippen molar-refractivity contribution in [1.29, 1.82) is 0 Å². The predicted molar refractivity (Wildman–Crippen MR) is 58.7 cm³/mol. The smallest absolute Gasteiger partial charge is 0.149 e. The summed E-state index contributed by atoms with van der Waals surface area (Å²) >= 11 is 0. The molecule has 0 amide bonds. The summed E-state index contributed by atoms with van der Waals surface area (Å²) in [4.78, 5) is 3.81. The second-order valence-electron chi connectivity index (χ2n) is 3.77. The van der Waals surface area contributed by atoms with E-state index in [2.05, 4.69) is 10.1 Å². The first-order valence-corrected chi connectivity index (χ1v) is 5.06. The monoisotopic (exact) mass is 220 g/mol. The van der Waals surface area contributed by atoms with Gasteiger partial charge in [0, 0.05) is 6.04 Å². The van der Waals surface area contributed by atoms with Gasteiger partial charge < -0.3 is 5.73 Å². The molecule has 0 aliphatic heterocycles. The molecular formula is C11H13FN4. The number of rotatable bonds is 3. The van der Waals surface area contributed by atoms with E-state index in [4.69, 9.17) is 5.73 Å². The number of hydrogen-bond donors (Lipinski definition) is 1. The van der Waals surface area contributed by atoms with Crippen LogP contribution in [0.1, 0.15) is 12.5 Å². The summed E-state index contributed by atoms with van der Waals surface area (Å²) in [6, 6.07) is 4.91. The molecule has 0 aliphatic carbocycles. The zero-order valence-corrected chi connectivity index (χ0v) is 8.97. The van der Waals surface area contributed by atoms with Gasteiger partial charge >= 0.3 is 0 Å². The molecule has 0 saturated heterocycles. The Hall–Kier alpha value is -1.75. The number of halogens is 1. The Labute approximate surface area is 92.9 Å². The van der Waals surface area contributed by atoms with Gasteiger partial charge in [0.15, 0.2) is 0 Å². The number of benzene rings is 1. The lowest BCUT2D eigenvalue weighted by molar-refractivity contribution is 0.603. The molecule has 5 heteroatoms. The SMILES string of the molecule is CC(N)Cc1cccc(F)c1-n1cncn1. The Morgan fingerprint density at radius 3 is 2.94 bits per heavy atom. The molecule has 2 rings (SSSR count). The van der Waals surface area contributed by atoms with E-state index < -0.39 is 0 Å². The summed E-state index contributed by atoms with van der Waals surface area (Å²) in [5.74, 6) is -0.316. The fraction of sp³-hybridized carbons (Fsp3) is 0.273. The van der Waals surface area contributed by atoms with Gasteiger partial charge in [-0.3, -0.25) is 0 Å². The van der Waals surface area contributed by atoms with Crippen LogP contribution in [0.2, 0.25) is 0 Å². The third-order valence-electron chi connectivity index (χ3n) is 2.26. The molecule has 1 unspecified atom stereocenters. The van der Waals surface area contributed by atoms with Crippen molar-refractivity contribution in [3.8, 4) is 5.69 Å². The molecular weight excluding hydrogens is 207 g/mol. The number of hydrogen-bond acceptors (Lipinski definition) is 3. The standard InChI is InChI=1S/C11H13FN4/c1-8(13)5-9-3-2-4-10(12)11(9)16-7-14-6-15-16/h2-4,6-8H,5,13H2,1H3. The van der Waals surface area contributed by atoms with E-state index in [-0.39, 0.29) is 11.9 Å². The van der Waals surface area contributed by atoms with Gasteiger partial charge in [0.25, 0.3) is 0 Å². The van der Waals surface area contributed by atoms with Crippen molar-refractivity contribution in [2.75, 3.05) is 0 Å². The van der Waals surface area contributed by atoms with Crippen LogP contribution in [0.15, 0.2) is 30.9 Å². The molecule has 1 heterocycles. The highest BCUT2D eigenvalue weighted by Crippen LogP contribution is 2.18. The summed E-state index contributed by atoms with van der Waals surface area (Å²) in [6.45, 7) is 1.88. The molecule has 0 aliphatic rings. The molecule has 0 saturated carbocycles. The zero-order valence-electron chi connectivity index (χ0n) is 8.97. The molecule has 1 aromatic carbocycles. The van der Waals surface area contributed by atoms with Crippen molar-refractivity contribution in [2.24, 2.45) is 5.73 Å². The lowest BCUT2D eigenvalue weighted by atomic mass is 10.1. The van der Waals surface area contributed by atoms with Crippen LogP contribution in [-0.2, 0) is 6.42 Å². The maximum atomic E-state index is 13.7. The fourth-order valence-electron chi connectivity index (χ4n) is 1.65. The Bertz CT molecular complexity index is 465. The molecule has 1 aromatic heterocycles. The van der Waals surface area contributed by atoms with Crippen LogP contribution < -0.4 is 5.73 Å². The van der Waals surface area contributed by atoms with Crippen molar-refractivity contribution in [1.82, 2.24) is 14.8 Å². The first-order chi connectivity index (χ1) is 7.68. The normalized spacial score (nSPS) is 12.7. The van der Waals surface area contributed by atoms with Crippen molar-refractivity contribution in [3.05, 3.63) is 42.2 Å². The van der Waals surface area contributed by atoms with Gasteiger partial charge in [-0.15, -0.1) is 0 Å². The molecule has 2 N–H and O–H groups in total. The minimum atomic E-state index is -0.316. The van der Waals surface area contributed by atoms with Crippen molar-refractivity contribution < 1.29 is 4.39 Å². The molecule has 16 heavy (non-hydrogen) atoms. The van der Waals surface area contributed by atoms with Crippen LogP contribution >= 0.6 is 0 Å².